The summed E-state index contributed by atoms with van der Waals surface area (Å²) in [5.41, 5.74) is 5.90. The molecule has 1 aliphatic carbocycles. The Hall–Kier alpha value is -1.06. The zero-order chi connectivity index (χ0) is 14.2. The van der Waals surface area contributed by atoms with Crippen LogP contribution in [0, 0.1) is 5.92 Å². The Morgan fingerprint density at radius 3 is 2.75 bits per heavy atom. The highest BCUT2D eigenvalue weighted by Crippen LogP contribution is 2.29. The zero-order valence-electron chi connectivity index (χ0n) is 12.6. The van der Waals surface area contributed by atoms with Crippen molar-refractivity contribution in [3.63, 3.8) is 0 Å². The van der Waals surface area contributed by atoms with Crippen LogP contribution in [0.3, 0.4) is 0 Å². The van der Waals surface area contributed by atoms with E-state index >= 15 is 0 Å². The van der Waals surface area contributed by atoms with Crippen LogP contribution in [0.25, 0.3) is 0 Å². The van der Waals surface area contributed by atoms with Gasteiger partial charge in [0.05, 0.1) is 6.61 Å². The quantitative estimate of drug-likeness (QED) is 0.742. The van der Waals surface area contributed by atoms with Crippen molar-refractivity contribution in [3.8, 4) is 5.75 Å². The largest absolute Gasteiger partial charge is 0.494 e. The summed E-state index contributed by atoms with van der Waals surface area (Å²) >= 11 is 0. The summed E-state index contributed by atoms with van der Waals surface area (Å²) in [6.45, 7) is 6.11. The standard InChI is InChI=1S/C17H28N2O/c1-2-19(17-11-6-8-15(17)14-18)12-7-13-20-16-9-4-3-5-10-16/h3-5,9-10,15,17H,2,6-8,11-14,18H2,1H3. The number of para-hydroxylation sites is 1. The fraction of sp³-hybridized carbons (Fsp3) is 0.647. The molecule has 2 unspecified atom stereocenters. The van der Waals surface area contributed by atoms with Gasteiger partial charge in [-0.15, -0.1) is 0 Å². The maximum atomic E-state index is 5.90. The number of nitrogens with zero attached hydrogens (tertiary/aromatic N) is 1. The molecule has 0 bridgehead atoms. The van der Waals surface area contributed by atoms with Gasteiger partial charge in [-0.05, 0) is 50.4 Å². The second-order valence-electron chi connectivity index (χ2n) is 5.64. The lowest BCUT2D eigenvalue weighted by atomic mass is 10.0. The molecule has 1 aliphatic rings. The van der Waals surface area contributed by atoms with E-state index in [0.717, 1.165) is 38.4 Å². The molecule has 0 spiro atoms. The molecule has 112 valence electrons. The number of benzene rings is 1. The normalized spacial score (nSPS) is 22.4. The van der Waals surface area contributed by atoms with E-state index in [1.807, 2.05) is 30.3 Å². The summed E-state index contributed by atoms with van der Waals surface area (Å²) in [6.07, 6.45) is 5.04. The number of nitrogens with two attached hydrogens (primary N) is 1. The average molecular weight is 276 g/mol. The molecule has 2 N–H and O–H groups in total. The van der Waals surface area contributed by atoms with Gasteiger partial charge >= 0.3 is 0 Å². The highest BCUT2D eigenvalue weighted by molar-refractivity contribution is 5.20. The van der Waals surface area contributed by atoms with Crippen molar-refractivity contribution in [2.24, 2.45) is 11.7 Å². The molecule has 2 atom stereocenters. The van der Waals surface area contributed by atoms with Crippen LogP contribution < -0.4 is 10.5 Å². The minimum Gasteiger partial charge on any atom is -0.494 e. The smallest absolute Gasteiger partial charge is 0.119 e. The van der Waals surface area contributed by atoms with E-state index in [1.165, 1.54) is 19.3 Å². The zero-order valence-corrected chi connectivity index (χ0v) is 12.6. The van der Waals surface area contributed by atoms with Crippen LogP contribution in [-0.2, 0) is 0 Å². The molecule has 0 radical (unpaired) electrons. The molecule has 3 heteroatoms. The van der Waals surface area contributed by atoms with Crippen LogP contribution in [0.1, 0.15) is 32.6 Å². The van der Waals surface area contributed by atoms with E-state index in [9.17, 15) is 0 Å². The summed E-state index contributed by atoms with van der Waals surface area (Å²) in [7, 11) is 0. The Morgan fingerprint density at radius 2 is 2.05 bits per heavy atom. The van der Waals surface area contributed by atoms with Crippen LogP contribution >= 0.6 is 0 Å². The van der Waals surface area contributed by atoms with Crippen LogP contribution in [0.5, 0.6) is 5.75 Å². The molecule has 20 heavy (non-hydrogen) atoms. The summed E-state index contributed by atoms with van der Waals surface area (Å²) in [6, 6.07) is 10.8. The molecule has 0 saturated heterocycles. The Kier molecular flexibility index (Phi) is 6.34. The monoisotopic (exact) mass is 276 g/mol. The topological polar surface area (TPSA) is 38.5 Å². The molecule has 1 aromatic carbocycles. The predicted molar refractivity (Wildman–Crippen MR) is 84.0 cm³/mol. The number of hydrogen-bond acceptors (Lipinski definition) is 3. The molecular weight excluding hydrogens is 248 g/mol. The SMILES string of the molecule is CCN(CCCOc1ccccc1)C1CCCC1CN. The lowest BCUT2D eigenvalue weighted by Crippen LogP contribution is -2.41. The number of rotatable bonds is 8. The van der Waals surface area contributed by atoms with Crippen molar-refractivity contribution in [1.82, 2.24) is 4.90 Å². The molecule has 0 heterocycles. The van der Waals surface area contributed by atoms with Gasteiger partial charge < -0.3 is 15.4 Å². The van der Waals surface area contributed by atoms with Crippen molar-refractivity contribution in [2.45, 2.75) is 38.6 Å². The first kappa shape index (κ1) is 15.3. The van der Waals surface area contributed by atoms with Crippen LogP contribution in [0.15, 0.2) is 30.3 Å². The summed E-state index contributed by atoms with van der Waals surface area (Å²) < 4.78 is 5.77. The minimum absolute atomic E-state index is 0.696. The molecular formula is C17H28N2O. The van der Waals surface area contributed by atoms with Gasteiger partial charge in [0.1, 0.15) is 5.75 Å². The summed E-state index contributed by atoms with van der Waals surface area (Å²) in [5, 5.41) is 0. The van der Waals surface area contributed by atoms with Gasteiger partial charge in [-0.3, -0.25) is 0 Å². The molecule has 0 aliphatic heterocycles. The van der Waals surface area contributed by atoms with Gasteiger partial charge in [0.2, 0.25) is 0 Å². The van der Waals surface area contributed by atoms with Crippen molar-refractivity contribution in [2.75, 3.05) is 26.2 Å². The van der Waals surface area contributed by atoms with E-state index in [2.05, 4.69) is 11.8 Å². The third kappa shape index (κ3) is 4.22. The fourth-order valence-corrected chi connectivity index (χ4v) is 3.31. The maximum Gasteiger partial charge on any atom is 0.119 e. The second kappa shape index (κ2) is 8.28. The molecule has 1 fully saturated rings. The summed E-state index contributed by atoms with van der Waals surface area (Å²) in [5.74, 6) is 1.67. The fourth-order valence-electron chi connectivity index (χ4n) is 3.31. The lowest BCUT2D eigenvalue weighted by molar-refractivity contribution is 0.157. The van der Waals surface area contributed by atoms with E-state index in [-0.39, 0.29) is 0 Å². The molecule has 1 aromatic rings. The molecule has 3 nitrogen and oxygen atoms in total. The third-order valence-corrected chi connectivity index (χ3v) is 4.40. The minimum atomic E-state index is 0.696. The van der Waals surface area contributed by atoms with E-state index in [1.54, 1.807) is 0 Å². The number of ether oxygens (including phenoxy) is 1. The van der Waals surface area contributed by atoms with Crippen molar-refractivity contribution in [3.05, 3.63) is 30.3 Å². The first-order valence-corrected chi connectivity index (χ1v) is 7.97. The summed E-state index contributed by atoms with van der Waals surface area (Å²) in [4.78, 5) is 2.60. The Bertz CT molecular complexity index is 369. The van der Waals surface area contributed by atoms with Crippen molar-refractivity contribution < 1.29 is 4.74 Å². The van der Waals surface area contributed by atoms with Crippen molar-refractivity contribution in [1.29, 1.82) is 0 Å². The Labute approximate surface area is 123 Å². The van der Waals surface area contributed by atoms with Gasteiger partial charge in [-0.2, -0.15) is 0 Å². The van der Waals surface area contributed by atoms with E-state index < -0.39 is 0 Å². The molecule has 1 saturated carbocycles. The van der Waals surface area contributed by atoms with Crippen LogP contribution in [0.4, 0.5) is 0 Å². The highest BCUT2D eigenvalue weighted by Gasteiger charge is 2.29. The maximum absolute atomic E-state index is 5.90. The van der Waals surface area contributed by atoms with Crippen LogP contribution in [0.2, 0.25) is 0 Å². The molecule has 0 amide bonds. The first-order valence-electron chi connectivity index (χ1n) is 7.97. The van der Waals surface area contributed by atoms with E-state index in [0.29, 0.717) is 12.0 Å². The number of hydrogen-bond donors (Lipinski definition) is 1. The Morgan fingerprint density at radius 1 is 1.25 bits per heavy atom. The van der Waals surface area contributed by atoms with Gasteiger partial charge in [-0.1, -0.05) is 31.5 Å². The second-order valence-corrected chi connectivity index (χ2v) is 5.64. The van der Waals surface area contributed by atoms with Gasteiger partial charge in [0, 0.05) is 12.6 Å². The Balaban J connectivity index is 1.71. The van der Waals surface area contributed by atoms with Gasteiger partial charge in [0.25, 0.3) is 0 Å². The van der Waals surface area contributed by atoms with Gasteiger partial charge in [-0.25, -0.2) is 0 Å². The first-order chi connectivity index (χ1) is 9.85. The molecule has 2 rings (SSSR count). The van der Waals surface area contributed by atoms with Gasteiger partial charge in [0.15, 0.2) is 0 Å². The molecule has 0 aromatic heterocycles. The predicted octanol–water partition coefficient (Wildman–Crippen LogP) is 2.90. The lowest BCUT2D eigenvalue weighted by Gasteiger charge is -2.31. The van der Waals surface area contributed by atoms with Crippen molar-refractivity contribution >= 4 is 0 Å². The average Bonchev–Trinajstić information content (AvgIpc) is 2.97. The van der Waals surface area contributed by atoms with E-state index in [4.69, 9.17) is 10.5 Å². The third-order valence-electron chi connectivity index (χ3n) is 4.40. The highest BCUT2D eigenvalue weighted by atomic mass is 16.5. The van der Waals surface area contributed by atoms with Crippen LogP contribution in [-0.4, -0.2) is 37.2 Å².